The molecule has 0 fully saturated rings. The van der Waals surface area contributed by atoms with E-state index in [4.69, 9.17) is 19.9 Å². The third kappa shape index (κ3) is 4.84. The first-order chi connectivity index (χ1) is 19.8. The van der Waals surface area contributed by atoms with Crippen LogP contribution in [0.15, 0.2) is 102 Å². The number of hydrogen-bond acceptors (Lipinski definition) is 8. The second kappa shape index (κ2) is 11.3. The van der Waals surface area contributed by atoms with Gasteiger partial charge in [-0.15, -0.1) is 0 Å². The lowest BCUT2D eigenvalue weighted by molar-refractivity contribution is -0.150. The topological polar surface area (TPSA) is 108 Å². The van der Waals surface area contributed by atoms with Crippen LogP contribution in [0.4, 0.5) is 10.1 Å². The quantitative estimate of drug-likeness (QED) is 0.347. The lowest BCUT2D eigenvalue weighted by Gasteiger charge is -2.44. The van der Waals surface area contributed by atoms with Crippen molar-refractivity contribution < 1.29 is 33.0 Å². The van der Waals surface area contributed by atoms with Gasteiger partial charge in [0.1, 0.15) is 23.3 Å². The van der Waals surface area contributed by atoms with Crippen LogP contribution in [0, 0.1) is 11.7 Å². The molecule has 2 N–H and O–H groups in total. The number of ether oxygens (including phenoxy) is 3. The van der Waals surface area contributed by atoms with Gasteiger partial charge >= 0.3 is 11.9 Å². The first kappa shape index (κ1) is 27.6. The molecule has 210 valence electrons. The highest BCUT2D eigenvalue weighted by Gasteiger charge is 2.51. The Hall–Kier alpha value is -4.92. The van der Waals surface area contributed by atoms with Crippen molar-refractivity contribution in [2.75, 3.05) is 26.2 Å². The summed E-state index contributed by atoms with van der Waals surface area (Å²) < 4.78 is 29.5. The Bertz CT molecular complexity index is 1550. The summed E-state index contributed by atoms with van der Waals surface area (Å²) in [6.07, 6.45) is 0.217. The maximum Gasteiger partial charge on any atom is 0.338 e. The summed E-state index contributed by atoms with van der Waals surface area (Å²) in [7, 11) is 4.01. The van der Waals surface area contributed by atoms with Gasteiger partial charge in [-0.25, -0.2) is 9.18 Å². The van der Waals surface area contributed by atoms with Gasteiger partial charge in [0.25, 0.3) is 0 Å². The van der Waals surface area contributed by atoms with E-state index in [1.54, 1.807) is 24.1 Å². The number of carbonyl (C=O) groups is 3. The molecule has 1 heterocycles. The van der Waals surface area contributed by atoms with Crippen molar-refractivity contribution in [3.05, 3.63) is 118 Å². The normalized spacial score (nSPS) is 20.4. The second-order valence-electron chi connectivity index (χ2n) is 9.76. The molecular formula is C32H29FN2O6. The number of nitrogens with zero attached hydrogens (tertiary/aromatic N) is 1. The Balaban J connectivity index is 1.80. The molecule has 0 saturated heterocycles. The minimum Gasteiger partial charge on any atom is -0.497 e. The lowest BCUT2D eigenvalue weighted by atomic mass is 9.67. The Kier molecular flexibility index (Phi) is 7.61. The molecule has 0 bridgehead atoms. The number of hydrogen-bond donors (Lipinski definition) is 1. The number of methoxy groups -OCH3 is 3. The predicted octanol–water partition coefficient (Wildman–Crippen LogP) is 4.58. The summed E-state index contributed by atoms with van der Waals surface area (Å²) in [4.78, 5) is 42.8. The molecule has 2 aliphatic rings. The van der Waals surface area contributed by atoms with E-state index in [9.17, 15) is 18.8 Å². The van der Waals surface area contributed by atoms with Gasteiger partial charge in [-0.1, -0.05) is 42.5 Å². The van der Waals surface area contributed by atoms with Crippen LogP contribution in [-0.4, -0.2) is 39.1 Å². The molecule has 41 heavy (non-hydrogen) atoms. The van der Waals surface area contributed by atoms with Crippen LogP contribution < -0.4 is 15.4 Å². The number of Topliss-reactive ketones (excluding diaryl/α,β-unsaturated/α-hetero) is 1. The highest BCUT2D eigenvalue weighted by atomic mass is 19.1. The van der Waals surface area contributed by atoms with E-state index in [0.29, 0.717) is 22.7 Å². The zero-order valence-electron chi connectivity index (χ0n) is 22.8. The first-order valence-electron chi connectivity index (χ1n) is 13.0. The summed E-state index contributed by atoms with van der Waals surface area (Å²) in [5.74, 6) is -4.55. The molecule has 1 aliphatic carbocycles. The molecule has 0 amide bonds. The van der Waals surface area contributed by atoms with Gasteiger partial charge in [0, 0.05) is 22.9 Å². The predicted molar refractivity (Wildman–Crippen MR) is 149 cm³/mol. The molecule has 8 nitrogen and oxygen atoms in total. The van der Waals surface area contributed by atoms with E-state index in [1.807, 2.05) is 42.5 Å². The highest BCUT2D eigenvalue weighted by Crippen LogP contribution is 2.51. The Labute approximate surface area is 236 Å². The molecule has 3 aromatic rings. The third-order valence-electron chi connectivity index (χ3n) is 7.66. The van der Waals surface area contributed by atoms with Crippen LogP contribution in [0.1, 0.15) is 29.4 Å². The van der Waals surface area contributed by atoms with Gasteiger partial charge in [-0.2, -0.15) is 0 Å². The smallest absolute Gasteiger partial charge is 0.338 e. The number of rotatable bonds is 6. The molecule has 9 heteroatoms. The number of ketones is 1. The van der Waals surface area contributed by atoms with Crippen LogP contribution in [0.3, 0.4) is 0 Å². The Morgan fingerprint density at radius 1 is 0.878 bits per heavy atom. The average Bonchev–Trinajstić information content (AvgIpc) is 3.00. The van der Waals surface area contributed by atoms with Crippen molar-refractivity contribution in [3.63, 3.8) is 0 Å². The minimum absolute atomic E-state index is 0.0153. The molecule has 0 spiro atoms. The number of nitrogens with two attached hydrogens (primary N) is 1. The van der Waals surface area contributed by atoms with E-state index in [-0.39, 0.29) is 23.4 Å². The van der Waals surface area contributed by atoms with Crippen molar-refractivity contribution in [2.45, 2.75) is 18.3 Å². The molecule has 3 atom stereocenters. The monoisotopic (exact) mass is 556 g/mol. The van der Waals surface area contributed by atoms with Crippen LogP contribution in [0.25, 0.3) is 0 Å². The lowest BCUT2D eigenvalue weighted by Crippen LogP contribution is -2.46. The average molecular weight is 557 g/mol. The maximum absolute atomic E-state index is 14.6. The molecule has 1 aliphatic heterocycles. The SMILES string of the molecule is COC(=O)C1=C(N)N(c2ccccc2)C2=C(C(=O)C(C(=O)OC)C(c3ccc(OC)cc3)C2)C1c1ccc(F)cc1. The summed E-state index contributed by atoms with van der Waals surface area (Å²) >= 11 is 0. The number of esters is 2. The summed E-state index contributed by atoms with van der Waals surface area (Å²) in [6, 6.07) is 21.7. The van der Waals surface area contributed by atoms with Crippen LogP contribution >= 0.6 is 0 Å². The summed E-state index contributed by atoms with van der Waals surface area (Å²) in [6.45, 7) is 0. The second-order valence-corrected chi connectivity index (χ2v) is 9.76. The van der Waals surface area contributed by atoms with Gasteiger partial charge in [0.05, 0.1) is 32.8 Å². The molecule has 3 aromatic carbocycles. The van der Waals surface area contributed by atoms with E-state index in [0.717, 1.165) is 5.56 Å². The van der Waals surface area contributed by atoms with Gasteiger partial charge in [-0.05, 0) is 53.9 Å². The van der Waals surface area contributed by atoms with Crippen molar-refractivity contribution in [1.82, 2.24) is 0 Å². The molecule has 5 rings (SSSR count). The van der Waals surface area contributed by atoms with Crippen LogP contribution in [0.5, 0.6) is 5.75 Å². The standard InChI is InChI=1S/C32H29FN2O6/c1-39-22-15-11-18(12-16-22)23-17-24-27(29(36)26(23)31(37)40-2)25(19-9-13-20(33)14-10-19)28(32(38)41-3)30(34)35(24)21-7-5-4-6-8-21/h4-16,23,25-26H,17,34H2,1-3H3. The summed E-state index contributed by atoms with van der Waals surface area (Å²) in [5, 5.41) is 0. The van der Waals surface area contributed by atoms with E-state index >= 15 is 0 Å². The third-order valence-corrected chi connectivity index (χ3v) is 7.66. The largest absolute Gasteiger partial charge is 0.497 e. The number of anilines is 1. The Morgan fingerprint density at radius 2 is 1.51 bits per heavy atom. The fourth-order valence-corrected chi connectivity index (χ4v) is 5.76. The maximum atomic E-state index is 14.6. The number of benzene rings is 3. The van der Waals surface area contributed by atoms with Crippen molar-refractivity contribution in [2.24, 2.45) is 11.7 Å². The van der Waals surface area contributed by atoms with Gasteiger partial charge < -0.3 is 19.9 Å². The minimum atomic E-state index is -1.20. The van der Waals surface area contributed by atoms with Crippen molar-refractivity contribution in [1.29, 1.82) is 0 Å². The Morgan fingerprint density at radius 3 is 2.10 bits per heavy atom. The van der Waals surface area contributed by atoms with E-state index < -0.39 is 41.3 Å². The molecule has 0 aromatic heterocycles. The molecule has 0 radical (unpaired) electrons. The molecular weight excluding hydrogens is 527 g/mol. The molecule has 3 unspecified atom stereocenters. The molecule has 0 saturated carbocycles. The van der Waals surface area contributed by atoms with Crippen LogP contribution in [-0.2, 0) is 23.9 Å². The van der Waals surface area contributed by atoms with E-state index in [2.05, 4.69) is 0 Å². The number of allylic oxidation sites excluding steroid dienone is 2. The van der Waals surface area contributed by atoms with Gasteiger partial charge in [0.2, 0.25) is 0 Å². The fraction of sp³-hybridized carbons (Fsp3) is 0.219. The number of para-hydroxylation sites is 1. The number of carbonyl (C=O) groups excluding carboxylic acids is 3. The summed E-state index contributed by atoms with van der Waals surface area (Å²) in [5.41, 5.74) is 9.31. The fourth-order valence-electron chi connectivity index (χ4n) is 5.76. The number of halogens is 1. The zero-order chi connectivity index (χ0) is 29.3. The zero-order valence-corrected chi connectivity index (χ0v) is 22.8. The van der Waals surface area contributed by atoms with Crippen LogP contribution in [0.2, 0.25) is 0 Å². The first-order valence-corrected chi connectivity index (χ1v) is 13.0. The van der Waals surface area contributed by atoms with Crippen molar-refractivity contribution in [3.8, 4) is 5.75 Å². The van der Waals surface area contributed by atoms with E-state index in [1.165, 1.54) is 38.5 Å². The van der Waals surface area contributed by atoms with Crippen molar-refractivity contribution >= 4 is 23.4 Å². The van der Waals surface area contributed by atoms with Gasteiger partial charge in [-0.3, -0.25) is 14.5 Å². The van der Waals surface area contributed by atoms with Gasteiger partial charge in [0.15, 0.2) is 5.78 Å². The highest BCUT2D eigenvalue weighted by molar-refractivity contribution is 6.14.